The number of para-hydroxylation sites is 1. The van der Waals surface area contributed by atoms with Crippen molar-refractivity contribution >= 4 is 28.7 Å². The van der Waals surface area contributed by atoms with Gasteiger partial charge in [0.25, 0.3) is 0 Å². The summed E-state index contributed by atoms with van der Waals surface area (Å²) in [6, 6.07) is 24.8. The van der Waals surface area contributed by atoms with Crippen molar-refractivity contribution in [3.8, 4) is 5.75 Å². The number of nitrogens with zero attached hydrogens (tertiary/aromatic N) is 1. The number of ether oxygens (including phenoxy) is 1. The summed E-state index contributed by atoms with van der Waals surface area (Å²) >= 11 is 5.40. The number of halogens is 3. The van der Waals surface area contributed by atoms with Gasteiger partial charge < -0.3 is 10.1 Å². The van der Waals surface area contributed by atoms with Gasteiger partial charge in [-0.3, -0.25) is 0 Å². The summed E-state index contributed by atoms with van der Waals surface area (Å²) in [6.07, 6.45) is 1.26. The number of benzene rings is 3. The summed E-state index contributed by atoms with van der Waals surface area (Å²) in [5, 5.41) is -0.920. The highest BCUT2D eigenvalue weighted by Crippen LogP contribution is 2.31. The lowest BCUT2D eigenvalue weighted by Crippen LogP contribution is -2.19. The van der Waals surface area contributed by atoms with E-state index >= 15 is 0 Å². The van der Waals surface area contributed by atoms with E-state index in [-0.39, 0.29) is 0 Å². The monoisotopic (exact) mass is 412 g/mol. The molecule has 0 fully saturated rings. The van der Waals surface area contributed by atoms with E-state index in [0.717, 1.165) is 0 Å². The van der Waals surface area contributed by atoms with Crippen LogP contribution in [-0.2, 0) is 0 Å². The fourth-order valence-electron chi connectivity index (χ4n) is 2.59. The molecule has 3 nitrogen and oxygen atoms in total. The summed E-state index contributed by atoms with van der Waals surface area (Å²) in [5.74, 6) is 0.620. The number of nitrogens with one attached hydrogen (secondary N) is 1. The van der Waals surface area contributed by atoms with E-state index < -0.39 is 11.1 Å². The number of hydrogen-bond acceptors (Lipinski definition) is 3. The van der Waals surface area contributed by atoms with Gasteiger partial charge in [-0.2, -0.15) is 8.78 Å². The molecule has 29 heavy (non-hydrogen) atoms. The minimum atomic E-state index is -3.62. The number of rotatable bonds is 7. The lowest BCUT2D eigenvalue weighted by molar-refractivity contribution is 0.140. The first-order valence-corrected chi connectivity index (χ1v) is 9.22. The average molecular weight is 413 g/mol. The second-order valence-electron chi connectivity index (χ2n) is 6.11. The van der Waals surface area contributed by atoms with Gasteiger partial charge in [-0.1, -0.05) is 48.5 Å². The molecular formula is C23H19ClF2N2O. The van der Waals surface area contributed by atoms with Gasteiger partial charge >= 0.3 is 5.38 Å². The second kappa shape index (κ2) is 9.34. The van der Waals surface area contributed by atoms with Crippen LogP contribution in [-0.4, -0.2) is 18.2 Å². The van der Waals surface area contributed by atoms with Crippen molar-refractivity contribution in [3.05, 3.63) is 102 Å². The third-order valence-electron chi connectivity index (χ3n) is 4.03. The van der Waals surface area contributed by atoms with Crippen LogP contribution in [0.1, 0.15) is 5.56 Å². The minimum Gasteiger partial charge on any atom is -0.497 e. The Balaban J connectivity index is 2.04. The SMILES string of the molecule is COc1ccc(N/C(=C\C(=Nc2ccccc2)c2ccccc2)C(F)(F)Cl)cc1. The molecule has 0 amide bonds. The van der Waals surface area contributed by atoms with E-state index in [2.05, 4.69) is 10.3 Å². The zero-order valence-electron chi connectivity index (χ0n) is 15.6. The molecule has 0 saturated carbocycles. The third kappa shape index (κ3) is 5.90. The highest BCUT2D eigenvalue weighted by atomic mass is 35.5. The summed E-state index contributed by atoms with van der Waals surface area (Å²) in [7, 11) is 1.53. The maximum Gasteiger partial charge on any atom is 0.362 e. The van der Waals surface area contributed by atoms with Crippen LogP contribution in [0.15, 0.2) is 102 Å². The van der Waals surface area contributed by atoms with Gasteiger partial charge in [0.1, 0.15) is 11.4 Å². The molecule has 0 atom stereocenters. The second-order valence-corrected chi connectivity index (χ2v) is 6.58. The van der Waals surface area contributed by atoms with Crippen LogP contribution in [0.25, 0.3) is 0 Å². The molecule has 0 aliphatic heterocycles. The van der Waals surface area contributed by atoms with Crippen molar-refractivity contribution in [3.63, 3.8) is 0 Å². The minimum absolute atomic E-state index is 0.355. The Hall–Kier alpha value is -3.18. The van der Waals surface area contributed by atoms with Gasteiger partial charge in [-0.25, -0.2) is 4.99 Å². The number of anilines is 1. The predicted molar refractivity (Wildman–Crippen MR) is 115 cm³/mol. The largest absolute Gasteiger partial charge is 0.497 e. The van der Waals surface area contributed by atoms with E-state index in [9.17, 15) is 8.78 Å². The Morgan fingerprint density at radius 3 is 2.07 bits per heavy atom. The molecule has 0 spiro atoms. The summed E-state index contributed by atoms with van der Waals surface area (Å²) in [5.41, 5.74) is 1.65. The Morgan fingerprint density at radius 2 is 1.52 bits per heavy atom. The first kappa shape index (κ1) is 20.6. The average Bonchev–Trinajstić information content (AvgIpc) is 2.74. The van der Waals surface area contributed by atoms with Crippen molar-refractivity contribution in [2.75, 3.05) is 12.4 Å². The van der Waals surface area contributed by atoms with Gasteiger partial charge in [0.2, 0.25) is 0 Å². The zero-order valence-corrected chi connectivity index (χ0v) is 16.4. The number of aliphatic imine (C=N–C) groups is 1. The number of alkyl halides is 3. The molecule has 3 rings (SSSR count). The van der Waals surface area contributed by atoms with Gasteiger partial charge in [0.15, 0.2) is 0 Å². The molecule has 0 saturated heterocycles. The molecule has 0 unspecified atom stereocenters. The van der Waals surface area contributed by atoms with E-state index in [1.807, 2.05) is 36.4 Å². The van der Waals surface area contributed by atoms with Gasteiger partial charge in [0.05, 0.1) is 18.5 Å². The van der Waals surface area contributed by atoms with Crippen molar-refractivity contribution in [2.45, 2.75) is 5.38 Å². The van der Waals surface area contributed by atoms with Gasteiger partial charge in [-0.05, 0) is 54.1 Å². The smallest absolute Gasteiger partial charge is 0.362 e. The highest BCUT2D eigenvalue weighted by Gasteiger charge is 2.32. The molecule has 0 bridgehead atoms. The fourth-order valence-corrected chi connectivity index (χ4v) is 2.69. The molecule has 6 heteroatoms. The molecule has 0 aliphatic rings. The van der Waals surface area contributed by atoms with Crippen molar-refractivity contribution < 1.29 is 13.5 Å². The first-order valence-electron chi connectivity index (χ1n) is 8.85. The molecule has 3 aromatic rings. The van der Waals surface area contributed by atoms with E-state index in [4.69, 9.17) is 16.3 Å². The quantitative estimate of drug-likeness (QED) is 0.348. The Morgan fingerprint density at radius 1 is 0.931 bits per heavy atom. The number of methoxy groups -OCH3 is 1. The fraction of sp³-hybridized carbons (Fsp3) is 0.0870. The third-order valence-corrected chi connectivity index (χ3v) is 4.23. The maximum atomic E-state index is 14.2. The summed E-state index contributed by atoms with van der Waals surface area (Å²) in [4.78, 5) is 4.54. The van der Waals surface area contributed by atoms with Crippen LogP contribution in [0.3, 0.4) is 0 Å². The van der Waals surface area contributed by atoms with Crippen LogP contribution in [0.5, 0.6) is 5.75 Å². The predicted octanol–water partition coefficient (Wildman–Crippen LogP) is 6.64. The van der Waals surface area contributed by atoms with Gasteiger partial charge in [0, 0.05) is 11.3 Å². The summed E-state index contributed by atoms with van der Waals surface area (Å²) < 4.78 is 33.5. The van der Waals surface area contributed by atoms with Crippen LogP contribution in [0, 0.1) is 0 Å². The number of allylic oxidation sites excluding steroid dienone is 2. The Bertz CT molecular complexity index is 983. The highest BCUT2D eigenvalue weighted by molar-refractivity contribution is 6.24. The standard InChI is InChI=1S/C23H19ClF2N2O/c1-29-20-14-12-19(13-15-20)28-22(23(24,25)26)16-21(17-8-4-2-5-9-17)27-18-10-6-3-7-11-18/h2-16,28H,1H3/b22-16-,27-21?. The van der Waals surface area contributed by atoms with Crippen LogP contribution >= 0.6 is 11.6 Å². The number of hydrogen-bond donors (Lipinski definition) is 1. The topological polar surface area (TPSA) is 33.6 Å². The zero-order chi connectivity index (χ0) is 20.7. The van der Waals surface area contributed by atoms with Gasteiger partial charge in [-0.15, -0.1) is 0 Å². The molecule has 0 heterocycles. The summed E-state index contributed by atoms with van der Waals surface area (Å²) in [6.45, 7) is 0. The van der Waals surface area contributed by atoms with E-state index in [1.165, 1.54) is 13.2 Å². The molecular weight excluding hydrogens is 394 g/mol. The normalized spacial score (nSPS) is 12.6. The lowest BCUT2D eigenvalue weighted by Gasteiger charge is -2.17. The maximum absolute atomic E-state index is 14.2. The van der Waals surface area contributed by atoms with Crippen LogP contribution in [0.4, 0.5) is 20.2 Å². The van der Waals surface area contributed by atoms with E-state index in [1.54, 1.807) is 48.5 Å². The van der Waals surface area contributed by atoms with E-state index in [0.29, 0.717) is 28.4 Å². The molecule has 148 valence electrons. The van der Waals surface area contributed by atoms with Crippen LogP contribution in [0.2, 0.25) is 0 Å². The Labute approximate surface area is 173 Å². The first-order chi connectivity index (χ1) is 14.0. The van der Waals surface area contributed by atoms with Crippen LogP contribution < -0.4 is 10.1 Å². The van der Waals surface area contributed by atoms with Crippen molar-refractivity contribution in [1.29, 1.82) is 0 Å². The van der Waals surface area contributed by atoms with Crippen molar-refractivity contribution in [2.24, 2.45) is 4.99 Å². The molecule has 3 aromatic carbocycles. The van der Waals surface area contributed by atoms with Crippen molar-refractivity contribution in [1.82, 2.24) is 0 Å². The Kier molecular flexibility index (Phi) is 6.62. The lowest BCUT2D eigenvalue weighted by atomic mass is 10.1. The molecule has 0 aromatic heterocycles. The molecule has 0 aliphatic carbocycles. The molecule has 1 N–H and O–H groups in total. The molecule has 0 radical (unpaired) electrons.